The summed E-state index contributed by atoms with van der Waals surface area (Å²) in [6, 6.07) is 7.28. The summed E-state index contributed by atoms with van der Waals surface area (Å²) in [7, 11) is 1.82. The summed E-state index contributed by atoms with van der Waals surface area (Å²) >= 11 is 8.62. The van der Waals surface area contributed by atoms with Gasteiger partial charge in [-0.15, -0.1) is 20.4 Å². The van der Waals surface area contributed by atoms with E-state index in [9.17, 15) is 4.79 Å². The van der Waals surface area contributed by atoms with Gasteiger partial charge < -0.3 is 8.98 Å². The maximum absolute atomic E-state index is 12.1. The van der Waals surface area contributed by atoms with Gasteiger partial charge in [-0.3, -0.25) is 10.1 Å². The Hall–Kier alpha value is -2.43. The Labute approximate surface area is 166 Å². The van der Waals surface area contributed by atoms with Gasteiger partial charge in [0, 0.05) is 17.5 Å². The molecule has 0 atom stereocenters. The number of aromatic nitrogens is 5. The van der Waals surface area contributed by atoms with Gasteiger partial charge in [0.25, 0.3) is 0 Å². The number of benzene rings is 1. The lowest BCUT2D eigenvalue weighted by Crippen LogP contribution is -2.14. The number of nitrogens with zero attached hydrogens (tertiary/aromatic N) is 5. The summed E-state index contributed by atoms with van der Waals surface area (Å²) in [6.45, 7) is 1.83. The molecule has 0 unspecified atom stereocenters. The van der Waals surface area contributed by atoms with Crippen LogP contribution in [0.1, 0.15) is 5.01 Å². The number of thioether (sulfide) groups is 1. The summed E-state index contributed by atoms with van der Waals surface area (Å²) in [6.07, 6.45) is 0. The molecule has 0 spiro atoms. The number of rotatable bonds is 5. The third-order valence-electron chi connectivity index (χ3n) is 3.64. The molecule has 0 aliphatic rings. The van der Waals surface area contributed by atoms with Crippen LogP contribution >= 0.6 is 34.7 Å². The number of carbonyl (C=O) groups excluding carboxylic acids is 1. The Bertz CT molecular complexity index is 1140. The molecule has 0 bridgehead atoms. The number of hydrogen-bond donors (Lipinski definition) is 1. The highest BCUT2D eigenvalue weighted by atomic mass is 35.5. The molecule has 8 nitrogen and oxygen atoms in total. The van der Waals surface area contributed by atoms with E-state index in [0.29, 0.717) is 26.9 Å². The molecule has 11 heteroatoms. The number of nitrogens with one attached hydrogen (secondary N) is 1. The van der Waals surface area contributed by atoms with Crippen molar-refractivity contribution >= 4 is 56.7 Å². The molecule has 0 aliphatic heterocycles. The van der Waals surface area contributed by atoms with Gasteiger partial charge in [0.05, 0.1) is 5.75 Å². The van der Waals surface area contributed by atoms with Gasteiger partial charge in [0.1, 0.15) is 10.6 Å². The van der Waals surface area contributed by atoms with Gasteiger partial charge in [0.2, 0.25) is 11.0 Å². The minimum absolute atomic E-state index is 0.181. The molecular formula is C16H13ClN6O2S2. The first-order valence-corrected chi connectivity index (χ1v) is 9.99. The first kappa shape index (κ1) is 18.0. The highest BCUT2D eigenvalue weighted by Gasteiger charge is 2.17. The highest BCUT2D eigenvalue weighted by molar-refractivity contribution is 7.99. The van der Waals surface area contributed by atoms with Crippen LogP contribution in [0.15, 0.2) is 33.8 Å². The van der Waals surface area contributed by atoms with Gasteiger partial charge in [0.15, 0.2) is 16.7 Å². The van der Waals surface area contributed by atoms with Crippen LogP contribution in [-0.2, 0) is 11.8 Å². The number of aryl methyl sites for hydroxylation is 1. The van der Waals surface area contributed by atoms with Crippen LogP contribution in [0.5, 0.6) is 0 Å². The third-order valence-corrected chi connectivity index (χ3v) is 5.65. The van der Waals surface area contributed by atoms with Crippen LogP contribution in [-0.4, -0.2) is 36.6 Å². The molecule has 1 amide bonds. The fourth-order valence-corrected chi connectivity index (χ4v) is 3.91. The lowest BCUT2D eigenvalue weighted by molar-refractivity contribution is -0.113. The second-order valence-corrected chi connectivity index (χ2v) is 8.18. The van der Waals surface area contributed by atoms with E-state index in [2.05, 4.69) is 25.7 Å². The Kier molecular flexibility index (Phi) is 4.85. The lowest BCUT2D eigenvalue weighted by atomic mass is 10.2. The quantitative estimate of drug-likeness (QED) is 0.490. The molecule has 0 saturated heterocycles. The van der Waals surface area contributed by atoms with Crippen LogP contribution in [0.25, 0.3) is 22.6 Å². The molecule has 0 saturated carbocycles. The smallest absolute Gasteiger partial charge is 0.236 e. The predicted octanol–water partition coefficient (Wildman–Crippen LogP) is 3.77. The van der Waals surface area contributed by atoms with Gasteiger partial charge in [-0.2, -0.15) is 0 Å². The van der Waals surface area contributed by atoms with E-state index < -0.39 is 0 Å². The molecule has 4 rings (SSSR count). The molecule has 3 aromatic heterocycles. The second-order valence-electron chi connectivity index (χ2n) is 5.62. The van der Waals surface area contributed by atoms with Crippen LogP contribution in [0, 0.1) is 6.92 Å². The van der Waals surface area contributed by atoms with E-state index in [1.165, 1.54) is 23.1 Å². The van der Waals surface area contributed by atoms with Crippen LogP contribution in [0.4, 0.5) is 5.13 Å². The maximum atomic E-state index is 12.1. The lowest BCUT2D eigenvalue weighted by Gasteiger charge is -2.02. The number of amides is 1. The van der Waals surface area contributed by atoms with E-state index >= 15 is 0 Å². The molecule has 27 heavy (non-hydrogen) atoms. The van der Waals surface area contributed by atoms with Crippen LogP contribution < -0.4 is 5.32 Å². The fourth-order valence-electron chi connectivity index (χ4n) is 2.41. The van der Waals surface area contributed by atoms with E-state index in [4.69, 9.17) is 16.0 Å². The Morgan fingerprint density at radius 2 is 2.15 bits per heavy atom. The summed E-state index contributed by atoms with van der Waals surface area (Å²) < 4.78 is 7.61. The SMILES string of the molecule is Cc1nnc(NC(=O)CSc2nnc(-c3cc4cc(Cl)ccc4o3)n2C)s1. The topological polar surface area (TPSA) is 98.7 Å². The average Bonchev–Trinajstić information content (AvgIpc) is 3.31. The summed E-state index contributed by atoms with van der Waals surface area (Å²) in [4.78, 5) is 12.1. The minimum atomic E-state index is -0.181. The number of halogens is 1. The van der Waals surface area contributed by atoms with Gasteiger partial charge in [-0.25, -0.2) is 0 Å². The minimum Gasteiger partial charge on any atom is -0.453 e. The van der Waals surface area contributed by atoms with Crippen molar-refractivity contribution in [3.05, 3.63) is 34.3 Å². The van der Waals surface area contributed by atoms with E-state index in [1.54, 1.807) is 10.6 Å². The normalized spacial score (nSPS) is 11.2. The number of furan rings is 1. The largest absolute Gasteiger partial charge is 0.453 e. The number of hydrogen-bond acceptors (Lipinski definition) is 8. The molecule has 0 aliphatic carbocycles. The zero-order chi connectivity index (χ0) is 19.0. The maximum Gasteiger partial charge on any atom is 0.236 e. The second kappa shape index (κ2) is 7.29. The molecule has 4 aromatic rings. The van der Waals surface area contributed by atoms with Crippen molar-refractivity contribution in [3.8, 4) is 11.6 Å². The van der Waals surface area contributed by atoms with Crippen molar-refractivity contribution in [1.29, 1.82) is 0 Å². The zero-order valence-corrected chi connectivity index (χ0v) is 16.7. The Morgan fingerprint density at radius 1 is 1.30 bits per heavy atom. The molecule has 138 valence electrons. The average molecular weight is 421 g/mol. The first-order chi connectivity index (χ1) is 13.0. The first-order valence-electron chi connectivity index (χ1n) is 7.81. The fraction of sp³-hybridized carbons (Fsp3) is 0.188. The molecule has 1 aromatic carbocycles. The van der Waals surface area contributed by atoms with Crippen molar-refractivity contribution in [3.63, 3.8) is 0 Å². The molecule has 0 radical (unpaired) electrons. The van der Waals surface area contributed by atoms with Crippen molar-refractivity contribution < 1.29 is 9.21 Å². The molecule has 0 fully saturated rings. The van der Waals surface area contributed by atoms with Crippen LogP contribution in [0.3, 0.4) is 0 Å². The van der Waals surface area contributed by atoms with E-state index in [0.717, 1.165) is 16.0 Å². The van der Waals surface area contributed by atoms with Gasteiger partial charge in [-0.1, -0.05) is 34.7 Å². The van der Waals surface area contributed by atoms with Crippen molar-refractivity contribution in [2.75, 3.05) is 11.1 Å². The number of anilines is 1. The molecule has 1 N–H and O–H groups in total. The summed E-state index contributed by atoms with van der Waals surface area (Å²) in [5, 5.41) is 22.2. The van der Waals surface area contributed by atoms with Crippen LogP contribution in [0.2, 0.25) is 5.02 Å². The van der Waals surface area contributed by atoms with Crippen molar-refractivity contribution in [2.24, 2.45) is 7.05 Å². The van der Waals surface area contributed by atoms with Gasteiger partial charge in [-0.05, 0) is 31.2 Å². The van der Waals surface area contributed by atoms with E-state index in [1.807, 2.05) is 32.2 Å². The van der Waals surface area contributed by atoms with E-state index in [-0.39, 0.29) is 11.7 Å². The monoisotopic (exact) mass is 420 g/mol. The van der Waals surface area contributed by atoms with Crippen molar-refractivity contribution in [1.82, 2.24) is 25.0 Å². The zero-order valence-electron chi connectivity index (χ0n) is 14.3. The standard InChI is InChI=1S/C16H13ClN6O2S2/c1-8-19-21-15(27-8)18-13(24)7-26-16-22-20-14(23(16)2)12-6-9-5-10(17)3-4-11(9)25-12/h3-6H,7H2,1-2H3,(H,18,21,24). The van der Waals surface area contributed by atoms with Crippen molar-refractivity contribution in [2.45, 2.75) is 12.1 Å². The van der Waals surface area contributed by atoms with Gasteiger partial charge >= 0.3 is 0 Å². The highest BCUT2D eigenvalue weighted by Crippen LogP contribution is 2.30. The summed E-state index contributed by atoms with van der Waals surface area (Å²) in [5.74, 6) is 1.16. The number of carbonyl (C=O) groups is 1. The Balaban J connectivity index is 1.47. The predicted molar refractivity (Wildman–Crippen MR) is 105 cm³/mol. The number of fused-ring (bicyclic) bond motifs is 1. The Morgan fingerprint density at radius 3 is 2.93 bits per heavy atom. The molecular weight excluding hydrogens is 408 g/mol. The molecule has 3 heterocycles. The summed E-state index contributed by atoms with van der Waals surface area (Å²) in [5.41, 5.74) is 0.721. The third kappa shape index (κ3) is 3.82.